The molecule has 0 radical (unpaired) electrons. The van der Waals surface area contributed by atoms with E-state index in [9.17, 15) is 4.79 Å². The van der Waals surface area contributed by atoms with Gasteiger partial charge in [-0.2, -0.15) is 0 Å². The van der Waals surface area contributed by atoms with Crippen LogP contribution in [0.25, 0.3) is 0 Å². The molecular formula is C14H18N4OS2. The summed E-state index contributed by atoms with van der Waals surface area (Å²) >= 11 is 2.73. The first-order chi connectivity index (χ1) is 9.95. The molecule has 21 heavy (non-hydrogen) atoms. The van der Waals surface area contributed by atoms with Crippen molar-refractivity contribution in [3.05, 3.63) is 29.8 Å². The molecule has 0 saturated carbocycles. The average Bonchev–Trinajstić information content (AvgIpc) is 2.86. The van der Waals surface area contributed by atoms with Gasteiger partial charge in [0.15, 0.2) is 4.34 Å². The fourth-order valence-corrected chi connectivity index (χ4v) is 3.46. The van der Waals surface area contributed by atoms with Crippen molar-refractivity contribution in [3.63, 3.8) is 0 Å². The van der Waals surface area contributed by atoms with E-state index in [1.807, 2.05) is 12.1 Å². The fraction of sp³-hybridized carbons (Fsp3) is 0.357. The molecule has 0 fully saturated rings. The standard InChI is InChI=1S/C14H18N4OS2/c1-8(2)10-4-6-11(7-5-10)16-13-17-18-14(21-13)20-9(3)12(15)19/h4-9H,1-3H3,(H2,15,19)(H,16,17)/t9-/m0/s1. The van der Waals surface area contributed by atoms with Crippen molar-refractivity contribution in [1.82, 2.24) is 10.2 Å². The van der Waals surface area contributed by atoms with Crippen LogP contribution in [0.15, 0.2) is 28.6 Å². The highest BCUT2D eigenvalue weighted by atomic mass is 32.2. The number of thioether (sulfide) groups is 1. The number of carbonyl (C=O) groups is 1. The molecule has 3 N–H and O–H groups in total. The lowest BCUT2D eigenvalue weighted by Crippen LogP contribution is -2.22. The van der Waals surface area contributed by atoms with Crippen LogP contribution in [0.3, 0.4) is 0 Å². The molecule has 1 heterocycles. The number of anilines is 2. The number of hydrogen-bond acceptors (Lipinski definition) is 6. The molecule has 2 aromatic rings. The summed E-state index contributed by atoms with van der Waals surface area (Å²) in [5.74, 6) is 0.160. The lowest BCUT2D eigenvalue weighted by molar-refractivity contribution is -0.117. The largest absolute Gasteiger partial charge is 0.369 e. The number of carbonyl (C=O) groups excluding carboxylic acids is 1. The van der Waals surface area contributed by atoms with E-state index in [1.165, 1.54) is 28.7 Å². The molecule has 5 nitrogen and oxygen atoms in total. The topological polar surface area (TPSA) is 80.9 Å². The molecule has 0 bridgehead atoms. The van der Waals surface area contributed by atoms with Crippen molar-refractivity contribution in [2.24, 2.45) is 5.73 Å². The van der Waals surface area contributed by atoms with Crippen molar-refractivity contribution in [2.75, 3.05) is 5.32 Å². The van der Waals surface area contributed by atoms with E-state index in [4.69, 9.17) is 5.73 Å². The Morgan fingerprint density at radius 2 is 1.90 bits per heavy atom. The van der Waals surface area contributed by atoms with E-state index in [0.29, 0.717) is 11.0 Å². The van der Waals surface area contributed by atoms with Gasteiger partial charge in [-0.1, -0.05) is 49.1 Å². The molecule has 0 aliphatic carbocycles. The van der Waals surface area contributed by atoms with E-state index in [-0.39, 0.29) is 11.2 Å². The van der Waals surface area contributed by atoms with Crippen LogP contribution < -0.4 is 11.1 Å². The number of nitrogens with one attached hydrogen (secondary N) is 1. The lowest BCUT2D eigenvalue weighted by atomic mass is 10.0. The second-order valence-corrected chi connectivity index (χ2v) is 7.50. The number of nitrogens with zero attached hydrogens (tertiary/aromatic N) is 2. The van der Waals surface area contributed by atoms with Gasteiger partial charge in [0.2, 0.25) is 11.0 Å². The highest BCUT2D eigenvalue weighted by molar-refractivity contribution is 8.02. The van der Waals surface area contributed by atoms with Crippen LogP contribution in [-0.2, 0) is 4.79 Å². The van der Waals surface area contributed by atoms with Crippen molar-refractivity contribution >= 4 is 39.8 Å². The van der Waals surface area contributed by atoms with Gasteiger partial charge in [-0.15, -0.1) is 10.2 Å². The van der Waals surface area contributed by atoms with Crippen LogP contribution in [0, 0.1) is 0 Å². The van der Waals surface area contributed by atoms with Crippen molar-refractivity contribution in [1.29, 1.82) is 0 Å². The van der Waals surface area contributed by atoms with Gasteiger partial charge in [-0.05, 0) is 30.5 Å². The zero-order valence-electron chi connectivity index (χ0n) is 12.2. The monoisotopic (exact) mass is 322 g/mol. The summed E-state index contributed by atoms with van der Waals surface area (Å²) < 4.78 is 0.725. The summed E-state index contributed by atoms with van der Waals surface area (Å²) in [6.45, 7) is 6.08. The molecule has 0 aliphatic heterocycles. The molecular weight excluding hydrogens is 304 g/mol. The van der Waals surface area contributed by atoms with Crippen LogP contribution in [0.1, 0.15) is 32.3 Å². The van der Waals surface area contributed by atoms with Gasteiger partial charge >= 0.3 is 0 Å². The summed E-state index contributed by atoms with van der Waals surface area (Å²) in [4.78, 5) is 11.0. The maximum atomic E-state index is 11.0. The Labute approximate surface area is 132 Å². The SMILES string of the molecule is CC(C)c1ccc(Nc2nnc(S[C@@H](C)C(N)=O)s2)cc1. The van der Waals surface area contributed by atoms with Crippen LogP contribution >= 0.6 is 23.1 Å². The highest BCUT2D eigenvalue weighted by Crippen LogP contribution is 2.30. The van der Waals surface area contributed by atoms with Crippen LogP contribution in [0.5, 0.6) is 0 Å². The van der Waals surface area contributed by atoms with Gasteiger partial charge in [-0.25, -0.2) is 0 Å². The first-order valence-corrected chi connectivity index (χ1v) is 8.32. The fourth-order valence-electron chi connectivity index (χ4n) is 1.59. The zero-order valence-corrected chi connectivity index (χ0v) is 13.8. The van der Waals surface area contributed by atoms with Crippen molar-refractivity contribution in [2.45, 2.75) is 36.3 Å². The summed E-state index contributed by atoms with van der Waals surface area (Å²) in [6.07, 6.45) is 0. The summed E-state index contributed by atoms with van der Waals surface area (Å²) in [5, 5.41) is 11.7. The zero-order chi connectivity index (χ0) is 15.4. The smallest absolute Gasteiger partial charge is 0.230 e. The maximum Gasteiger partial charge on any atom is 0.230 e. The van der Waals surface area contributed by atoms with Gasteiger partial charge in [0.25, 0.3) is 0 Å². The molecule has 2 rings (SSSR count). The third-order valence-corrected chi connectivity index (χ3v) is 4.95. The lowest BCUT2D eigenvalue weighted by Gasteiger charge is -2.06. The molecule has 0 spiro atoms. The van der Waals surface area contributed by atoms with Gasteiger partial charge in [0.1, 0.15) is 0 Å². The van der Waals surface area contributed by atoms with Gasteiger partial charge in [0.05, 0.1) is 5.25 Å². The van der Waals surface area contributed by atoms with E-state index < -0.39 is 0 Å². The molecule has 112 valence electrons. The Bertz CT molecular complexity index is 610. The molecule has 0 saturated heterocycles. The summed E-state index contributed by atoms with van der Waals surface area (Å²) in [6, 6.07) is 8.24. The first kappa shape index (κ1) is 15.8. The predicted octanol–water partition coefficient (Wildman–Crippen LogP) is 3.37. The number of primary amides is 1. The highest BCUT2D eigenvalue weighted by Gasteiger charge is 2.14. The molecule has 0 unspecified atom stereocenters. The van der Waals surface area contributed by atoms with Gasteiger partial charge < -0.3 is 11.1 Å². The van der Waals surface area contributed by atoms with E-state index in [2.05, 4.69) is 41.5 Å². The second kappa shape index (κ2) is 6.91. The van der Waals surface area contributed by atoms with E-state index in [0.717, 1.165) is 10.0 Å². The van der Waals surface area contributed by atoms with E-state index >= 15 is 0 Å². The van der Waals surface area contributed by atoms with Crippen molar-refractivity contribution in [3.8, 4) is 0 Å². The minimum absolute atomic E-state index is 0.309. The normalized spacial score (nSPS) is 12.4. The number of nitrogens with two attached hydrogens (primary N) is 1. The first-order valence-electron chi connectivity index (χ1n) is 6.62. The minimum Gasteiger partial charge on any atom is -0.369 e. The van der Waals surface area contributed by atoms with E-state index in [1.54, 1.807) is 6.92 Å². The number of rotatable bonds is 6. The average molecular weight is 322 g/mol. The number of amides is 1. The third kappa shape index (κ3) is 4.44. The number of aromatic nitrogens is 2. The van der Waals surface area contributed by atoms with Crippen LogP contribution in [-0.4, -0.2) is 21.4 Å². The Balaban J connectivity index is 2.00. The van der Waals surface area contributed by atoms with Crippen LogP contribution in [0.2, 0.25) is 0 Å². The predicted molar refractivity (Wildman–Crippen MR) is 88.2 cm³/mol. The van der Waals surface area contributed by atoms with Crippen molar-refractivity contribution < 1.29 is 4.79 Å². The third-order valence-electron chi connectivity index (χ3n) is 2.91. The molecule has 7 heteroatoms. The molecule has 1 atom stereocenters. The molecule has 1 aromatic heterocycles. The summed E-state index contributed by atoms with van der Waals surface area (Å²) in [5.41, 5.74) is 7.50. The minimum atomic E-state index is -0.353. The van der Waals surface area contributed by atoms with Gasteiger partial charge in [0, 0.05) is 5.69 Å². The Morgan fingerprint density at radius 3 is 2.48 bits per heavy atom. The quantitative estimate of drug-likeness (QED) is 0.797. The molecule has 0 aliphatic rings. The summed E-state index contributed by atoms with van der Waals surface area (Å²) in [7, 11) is 0. The van der Waals surface area contributed by atoms with Gasteiger partial charge in [-0.3, -0.25) is 4.79 Å². The number of hydrogen-bond donors (Lipinski definition) is 2. The Morgan fingerprint density at radius 1 is 1.24 bits per heavy atom. The number of benzene rings is 1. The molecule has 1 aromatic carbocycles. The molecule has 1 amide bonds. The maximum absolute atomic E-state index is 11.0. The van der Waals surface area contributed by atoms with Crippen LogP contribution in [0.4, 0.5) is 10.8 Å². The Kier molecular flexibility index (Phi) is 5.19. The Hall–Kier alpha value is -1.60. The second-order valence-electron chi connectivity index (χ2n) is 4.94.